The van der Waals surface area contributed by atoms with Crippen molar-refractivity contribution in [2.24, 2.45) is 0 Å². The van der Waals surface area contributed by atoms with Gasteiger partial charge in [-0.2, -0.15) is 0 Å². The van der Waals surface area contributed by atoms with Gasteiger partial charge >= 0.3 is 0 Å². The number of carbonyl (C=O) groups is 1. The van der Waals surface area contributed by atoms with Crippen LogP contribution >= 0.6 is 0 Å². The summed E-state index contributed by atoms with van der Waals surface area (Å²) < 4.78 is 0. The van der Waals surface area contributed by atoms with Gasteiger partial charge in [-0.05, 0) is 38.5 Å². The zero-order chi connectivity index (χ0) is 32.5. The zero-order valence-corrected chi connectivity index (χ0v) is 29.2. The second-order valence-corrected chi connectivity index (χ2v) is 13.3. The highest BCUT2D eigenvalue weighted by Crippen LogP contribution is 2.15. The number of rotatable bonds is 34. The Hall–Kier alpha value is -0.950. The van der Waals surface area contributed by atoms with Crippen LogP contribution in [0.2, 0.25) is 0 Å². The minimum absolute atomic E-state index is 0.367. The van der Waals surface area contributed by atoms with Crippen molar-refractivity contribution >= 4 is 5.91 Å². The van der Waals surface area contributed by atoms with E-state index in [4.69, 9.17) is 0 Å². The Kier molecular flexibility index (Phi) is 32.7. The molecule has 0 aromatic heterocycles. The summed E-state index contributed by atoms with van der Waals surface area (Å²) in [5, 5.41) is 43.4. The van der Waals surface area contributed by atoms with Crippen molar-refractivity contribution in [3.63, 3.8) is 0 Å². The summed E-state index contributed by atoms with van der Waals surface area (Å²) in [5.74, 6) is -0.593. The molecule has 0 aromatic rings. The lowest BCUT2D eigenvalue weighted by atomic mass is 10.00. The van der Waals surface area contributed by atoms with Gasteiger partial charge in [0.05, 0.1) is 18.8 Å². The van der Waals surface area contributed by atoms with Gasteiger partial charge in [0.1, 0.15) is 12.2 Å². The average molecular weight is 626 g/mol. The van der Waals surface area contributed by atoms with Crippen LogP contribution < -0.4 is 5.32 Å². The summed E-state index contributed by atoms with van der Waals surface area (Å²) >= 11 is 0. The van der Waals surface area contributed by atoms with Crippen LogP contribution in [0.15, 0.2) is 12.2 Å². The molecule has 0 radical (unpaired) electrons. The first-order chi connectivity index (χ1) is 21.5. The van der Waals surface area contributed by atoms with Gasteiger partial charge in [0.25, 0.3) is 0 Å². The largest absolute Gasteiger partial charge is 0.394 e. The van der Waals surface area contributed by atoms with E-state index >= 15 is 0 Å². The van der Waals surface area contributed by atoms with Crippen molar-refractivity contribution in [1.29, 1.82) is 0 Å². The normalized spacial score (nSPS) is 14.6. The number of carbonyl (C=O) groups excluding carboxylic acids is 1. The first kappa shape index (κ1) is 43.0. The summed E-state index contributed by atoms with van der Waals surface area (Å²) in [6, 6.07) is -0.994. The summed E-state index contributed by atoms with van der Waals surface area (Å²) in [4.78, 5) is 12.4. The first-order valence-corrected chi connectivity index (χ1v) is 19.1. The fourth-order valence-corrected chi connectivity index (χ4v) is 5.87. The molecule has 5 N–H and O–H groups in total. The second-order valence-electron chi connectivity index (χ2n) is 13.3. The Labute approximate surface area is 272 Å². The number of allylic oxidation sites excluding steroid dienone is 2. The van der Waals surface area contributed by atoms with Crippen molar-refractivity contribution in [2.75, 3.05) is 6.61 Å². The van der Waals surface area contributed by atoms with Gasteiger partial charge in [0.15, 0.2) is 0 Å². The van der Waals surface area contributed by atoms with E-state index in [1.807, 2.05) is 0 Å². The minimum Gasteiger partial charge on any atom is -0.394 e. The van der Waals surface area contributed by atoms with Gasteiger partial charge < -0.3 is 25.7 Å². The summed E-state index contributed by atoms with van der Waals surface area (Å²) in [6.45, 7) is 4.01. The van der Waals surface area contributed by atoms with Gasteiger partial charge in [0, 0.05) is 0 Å². The molecule has 0 heterocycles. The lowest BCUT2D eigenvalue weighted by molar-refractivity contribution is -0.132. The third kappa shape index (κ3) is 27.4. The Balaban J connectivity index is 3.79. The van der Waals surface area contributed by atoms with Gasteiger partial charge in [-0.15, -0.1) is 0 Å². The van der Waals surface area contributed by atoms with Crippen molar-refractivity contribution in [3.8, 4) is 0 Å². The Morgan fingerprint density at radius 2 is 0.932 bits per heavy atom. The fraction of sp³-hybridized carbons (Fsp3) is 0.921. The summed E-state index contributed by atoms with van der Waals surface area (Å²) in [6.07, 6.45) is 33.8. The lowest BCUT2D eigenvalue weighted by Crippen LogP contribution is -2.53. The molecule has 6 nitrogen and oxygen atoms in total. The van der Waals surface area contributed by atoms with Crippen molar-refractivity contribution in [3.05, 3.63) is 12.2 Å². The molecule has 0 saturated carbocycles. The maximum absolute atomic E-state index is 12.4. The number of amides is 1. The molecule has 4 atom stereocenters. The fourth-order valence-electron chi connectivity index (χ4n) is 5.87. The molecule has 0 fully saturated rings. The summed E-state index contributed by atoms with van der Waals surface area (Å²) in [5.41, 5.74) is 0. The Bertz CT molecular complexity index is 628. The van der Waals surface area contributed by atoms with E-state index in [0.29, 0.717) is 12.8 Å². The van der Waals surface area contributed by atoms with Crippen molar-refractivity contribution < 1.29 is 25.2 Å². The average Bonchev–Trinajstić information content (AvgIpc) is 3.03. The lowest BCUT2D eigenvalue weighted by Gasteiger charge is -2.27. The van der Waals surface area contributed by atoms with E-state index < -0.39 is 36.9 Å². The molecule has 0 aromatic carbocycles. The quantitative estimate of drug-likeness (QED) is 0.0362. The van der Waals surface area contributed by atoms with Crippen LogP contribution in [0.1, 0.15) is 194 Å². The Morgan fingerprint density at radius 1 is 0.545 bits per heavy atom. The second kappa shape index (κ2) is 33.4. The predicted molar refractivity (Wildman–Crippen MR) is 187 cm³/mol. The van der Waals surface area contributed by atoms with Crippen LogP contribution in [0.3, 0.4) is 0 Å². The van der Waals surface area contributed by atoms with Crippen molar-refractivity contribution in [1.82, 2.24) is 5.32 Å². The van der Waals surface area contributed by atoms with Crippen LogP contribution in [0, 0.1) is 0 Å². The van der Waals surface area contributed by atoms with E-state index in [-0.39, 0.29) is 0 Å². The number of hydrogen-bond donors (Lipinski definition) is 5. The molecule has 0 aliphatic heterocycles. The molecule has 0 saturated heterocycles. The van der Waals surface area contributed by atoms with Gasteiger partial charge in [-0.1, -0.05) is 167 Å². The molecule has 44 heavy (non-hydrogen) atoms. The highest BCUT2D eigenvalue weighted by Gasteiger charge is 2.28. The van der Waals surface area contributed by atoms with Crippen LogP contribution in [-0.4, -0.2) is 57.3 Å². The van der Waals surface area contributed by atoms with Gasteiger partial charge in [-0.3, -0.25) is 4.79 Å². The van der Waals surface area contributed by atoms with E-state index in [1.165, 1.54) is 128 Å². The SMILES string of the molecule is CCCCCCCC/C=C/CCCC(O)C(O)C(CO)NC(=O)C(O)CCCCCCCCCCCCCCCCCCC. The van der Waals surface area contributed by atoms with Crippen LogP contribution in [0.25, 0.3) is 0 Å². The van der Waals surface area contributed by atoms with E-state index in [0.717, 1.165) is 38.5 Å². The molecule has 0 aliphatic rings. The molecule has 0 spiro atoms. The standard InChI is InChI=1S/C38H75NO5/c1-3-5-7-9-11-13-15-16-17-18-19-20-22-24-26-28-30-32-36(42)38(44)39-34(33-40)37(43)35(41)31-29-27-25-23-21-14-12-10-8-6-4-2/h23,25,34-37,40-43H,3-22,24,26-33H2,1-2H3,(H,39,44)/b25-23+. The number of aliphatic hydroxyl groups is 4. The van der Waals surface area contributed by atoms with Gasteiger partial charge in [0.2, 0.25) is 5.91 Å². The van der Waals surface area contributed by atoms with Crippen LogP contribution in [0.5, 0.6) is 0 Å². The third-order valence-corrected chi connectivity index (χ3v) is 8.98. The maximum Gasteiger partial charge on any atom is 0.249 e. The van der Waals surface area contributed by atoms with Gasteiger partial charge in [-0.25, -0.2) is 0 Å². The maximum atomic E-state index is 12.4. The molecule has 1 amide bonds. The number of nitrogens with one attached hydrogen (secondary N) is 1. The molecule has 0 bridgehead atoms. The highest BCUT2D eigenvalue weighted by molar-refractivity contribution is 5.80. The molecule has 262 valence electrons. The van der Waals surface area contributed by atoms with E-state index in [2.05, 4.69) is 31.3 Å². The highest BCUT2D eigenvalue weighted by atomic mass is 16.3. The molecule has 6 heteroatoms. The minimum atomic E-state index is -1.27. The first-order valence-electron chi connectivity index (χ1n) is 19.1. The van der Waals surface area contributed by atoms with E-state index in [9.17, 15) is 25.2 Å². The van der Waals surface area contributed by atoms with Crippen molar-refractivity contribution in [2.45, 2.75) is 218 Å². The smallest absolute Gasteiger partial charge is 0.249 e. The van der Waals surface area contributed by atoms with Crippen LogP contribution in [0.4, 0.5) is 0 Å². The zero-order valence-electron chi connectivity index (χ0n) is 29.2. The third-order valence-electron chi connectivity index (χ3n) is 8.98. The summed E-state index contributed by atoms with van der Waals surface area (Å²) in [7, 11) is 0. The van der Waals surface area contributed by atoms with Crippen LogP contribution in [-0.2, 0) is 4.79 Å². The molecule has 0 aliphatic carbocycles. The molecular weight excluding hydrogens is 550 g/mol. The molecular formula is C38H75NO5. The topological polar surface area (TPSA) is 110 Å². The van der Waals surface area contributed by atoms with E-state index in [1.54, 1.807) is 0 Å². The Morgan fingerprint density at radius 3 is 1.36 bits per heavy atom. The monoisotopic (exact) mass is 626 g/mol. The number of hydrogen-bond acceptors (Lipinski definition) is 5. The number of unbranched alkanes of at least 4 members (excludes halogenated alkanes) is 23. The molecule has 0 rings (SSSR count). The number of aliphatic hydroxyl groups excluding tert-OH is 4. The predicted octanol–water partition coefficient (Wildman–Crippen LogP) is 9.07. The molecule has 4 unspecified atom stereocenters.